The molecule has 2 fully saturated rings. The minimum Gasteiger partial charge on any atom is -0.374 e. The normalized spacial score (nSPS) is 29.5. The average Bonchev–Trinajstić information content (AvgIpc) is 2.74. The second-order valence-corrected chi connectivity index (χ2v) is 7.80. The molecule has 3 rings (SSSR count). The van der Waals surface area contributed by atoms with E-state index in [-0.39, 0.29) is 18.2 Å². The molecule has 5 nitrogen and oxygen atoms in total. The van der Waals surface area contributed by atoms with Crippen molar-refractivity contribution in [1.29, 1.82) is 0 Å². The molecule has 1 aromatic carbocycles. The van der Waals surface area contributed by atoms with E-state index in [1.165, 1.54) is 0 Å². The van der Waals surface area contributed by atoms with Crippen LogP contribution in [0.1, 0.15) is 25.3 Å². The van der Waals surface area contributed by atoms with Crippen molar-refractivity contribution in [3.05, 3.63) is 29.8 Å². The van der Waals surface area contributed by atoms with E-state index in [1.54, 1.807) is 22.5 Å². The summed E-state index contributed by atoms with van der Waals surface area (Å²) < 4.78 is 39.3. The van der Waals surface area contributed by atoms with Crippen molar-refractivity contribution in [2.45, 2.75) is 49.8 Å². The van der Waals surface area contributed by atoms with Gasteiger partial charge in [-0.2, -0.15) is 4.31 Å². The van der Waals surface area contributed by atoms with E-state index in [2.05, 4.69) is 0 Å². The van der Waals surface area contributed by atoms with Gasteiger partial charge in [-0.1, -0.05) is 12.1 Å². The number of hydrogen-bond donors (Lipinski definition) is 0. The fraction of sp³-hybridized carbons (Fsp3) is 0.625. The largest absolute Gasteiger partial charge is 0.374 e. The zero-order valence-corrected chi connectivity index (χ0v) is 13.9. The van der Waals surface area contributed by atoms with Crippen LogP contribution in [0.25, 0.3) is 0 Å². The Balaban J connectivity index is 1.95. The van der Waals surface area contributed by atoms with E-state index < -0.39 is 10.0 Å². The predicted molar refractivity (Wildman–Crippen MR) is 83.2 cm³/mol. The van der Waals surface area contributed by atoms with Crippen molar-refractivity contribution in [3.63, 3.8) is 0 Å². The van der Waals surface area contributed by atoms with E-state index in [0.717, 1.165) is 18.4 Å². The number of hydrogen-bond acceptors (Lipinski definition) is 4. The zero-order valence-electron chi connectivity index (χ0n) is 13.1. The number of sulfonamides is 1. The summed E-state index contributed by atoms with van der Waals surface area (Å²) in [4.78, 5) is 0.355. The summed E-state index contributed by atoms with van der Waals surface area (Å²) >= 11 is 0. The molecule has 0 radical (unpaired) electrons. The Morgan fingerprint density at radius 3 is 2.91 bits per heavy atom. The Kier molecular flexibility index (Phi) is 4.54. The summed E-state index contributed by atoms with van der Waals surface area (Å²) in [6.45, 7) is 5.22. The van der Waals surface area contributed by atoms with Crippen molar-refractivity contribution in [2.75, 3.05) is 19.8 Å². The van der Waals surface area contributed by atoms with E-state index in [1.807, 2.05) is 19.9 Å². The summed E-state index contributed by atoms with van der Waals surface area (Å²) in [5, 5.41) is 0. The molecule has 122 valence electrons. The molecule has 1 aliphatic carbocycles. The van der Waals surface area contributed by atoms with E-state index >= 15 is 0 Å². The Bertz CT molecular complexity index is 631. The summed E-state index contributed by atoms with van der Waals surface area (Å²) in [6, 6.07) is 6.95. The number of rotatable bonds is 4. The van der Waals surface area contributed by atoms with Crippen LogP contribution in [0, 0.1) is 6.92 Å². The summed E-state index contributed by atoms with van der Waals surface area (Å²) in [5.41, 5.74) is 0.942. The SMILES string of the molecule is CCOC1C2CCC1N(S(=O)(=O)c1cccc(C)c1)CCO2. The molecule has 0 spiro atoms. The lowest BCUT2D eigenvalue weighted by Gasteiger charge is -2.30. The van der Waals surface area contributed by atoms with Crippen molar-refractivity contribution >= 4 is 10.0 Å². The van der Waals surface area contributed by atoms with Crippen molar-refractivity contribution in [3.8, 4) is 0 Å². The quantitative estimate of drug-likeness (QED) is 0.849. The zero-order chi connectivity index (χ0) is 15.7. The fourth-order valence-corrected chi connectivity index (χ4v) is 5.23. The second kappa shape index (κ2) is 6.28. The van der Waals surface area contributed by atoms with Gasteiger partial charge in [-0.05, 0) is 44.4 Å². The molecular formula is C16H23NO4S. The first-order chi connectivity index (χ1) is 10.5. The van der Waals surface area contributed by atoms with E-state index in [0.29, 0.717) is 24.7 Å². The van der Waals surface area contributed by atoms with E-state index in [9.17, 15) is 8.42 Å². The van der Waals surface area contributed by atoms with Crippen LogP contribution in [0.2, 0.25) is 0 Å². The van der Waals surface area contributed by atoms with Gasteiger partial charge in [-0.25, -0.2) is 8.42 Å². The minimum absolute atomic E-state index is 0.0164. The molecule has 6 heteroatoms. The first kappa shape index (κ1) is 15.9. The van der Waals surface area contributed by atoms with Gasteiger partial charge in [-0.3, -0.25) is 0 Å². The van der Waals surface area contributed by atoms with Crippen molar-refractivity contribution in [1.82, 2.24) is 4.31 Å². The van der Waals surface area contributed by atoms with Crippen LogP contribution < -0.4 is 0 Å². The number of aryl methyl sites for hydroxylation is 1. The van der Waals surface area contributed by atoms with Gasteiger partial charge in [0.25, 0.3) is 0 Å². The highest BCUT2D eigenvalue weighted by Gasteiger charge is 2.47. The monoisotopic (exact) mass is 325 g/mol. The van der Waals surface area contributed by atoms with Crippen LogP contribution in [-0.4, -0.2) is 50.7 Å². The highest BCUT2D eigenvalue weighted by atomic mass is 32.2. The average molecular weight is 325 g/mol. The molecule has 1 saturated carbocycles. The first-order valence-corrected chi connectivity index (χ1v) is 9.29. The van der Waals surface area contributed by atoms with Gasteiger partial charge in [0.2, 0.25) is 10.0 Å². The minimum atomic E-state index is -3.52. The number of fused-ring (bicyclic) bond motifs is 2. The lowest BCUT2D eigenvalue weighted by atomic mass is 10.2. The van der Waals surface area contributed by atoms with Crippen LogP contribution in [-0.2, 0) is 19.5 Å². The Morgan fingerprint density at radius 2 is 2.18 bits per heavy atom. The molecule has 2 bridgehead atoms. The molecule has 1 heterocycles. The first-order valence-electron chi connectivity index (χ1n) is 7.85. The molecule has 0 aromatic heterocycles. The third-order valence-electron chi connectivity index (χ3n) is 4.46. The van der Waals surface area contributed by atoms with Gasteiger partial charge >= 0.3 is 0 Å². The fourth-order valence-electron chi connectivity index (χ4n) is 3.48. The molecule has 1 aliphatic heterocycles. The molecular weight excluding hydrogens is 302 g/mol. The van der Waals surface area contributed by atoms with Crippen LogP contribution in [0.3, 0.4) is 0 Å². The Hall–Kier alpha value is -0.950. The second-order valence-electron chi connectivity index (χ2n) is 5.91. The highest BCUT2D eigenvalue weighted by molar-refractivity contribution is 7.89. The van der Waals surface area contributed by atoms with Gasteiger partial charge < -0.3 is 9.47 Å². The lowest BCUT2D eigenvalue weighted by molar-refractivity contribution is -0.0470. The number of ether oxygens (including phenoxy) is 2. The molecule has 2 aliphatic rings. The lowest BCUT2D eigenvalue weighted by Crippen LogP contribution is -2.46. The smallest absolute Gasteiger partial charge is 0.243 e. The molecule has 1 aromatic rings. The van der Waals surface area contributed by atoms with Gasteiger partial charge in [0.15, 0.2) is 0 Å². The van der Waals surface area contributed by atoms with Gasteiger partial charge in [-0.15, -0.1) is 0 Å². The summed E-state index contributed by atoms with van der Waals surface area (Å²) in [5.74, 6) is 0. The maximum Gasteiger partial charge on any atom is 0.243 e. The molecule has 0 N–H and O–H groups in total. The third kappa shape index (κ3) is 2.80. The van der Waals surface area contributed by atoms with Crippen LogP contribution in [0.15, 0.2) is 29.2 Å². The molecule has 22 heavy (non-hydrogen) atoms. The van der Waals surface area contributed by atoms with Crippen LogP contribution in [0.4, 0.5) is 0 Å². The summed E-state index contributed by atoms with van der Waals surface area (Å²) in [6.07, 6.45) is 1.50. The predicted octanol–water partition coefficient (Wildman–Crippen LogP) is 1.95. The molecule has 3 unspecified atom stereocenters. The standard InChI is InChI=1S/C16H23NO4S/c1-3-20-16-14-7-8-15(16)21-10-9-17(14)22(18,19)13-6-4-5-12(2)11-13/h4-6,11,14-16H,3,7-10H2,1-2H3. The Morgan fingerprint density at radius 1 is 1.36 bits per heavy atom. The number of benzene rings is 1. The third-order valence-corrected chi connectivity index (χ3v) is 6.38. The van der Waals surface area contributed by atoms with Crippen molar-refractivity contribution < 1.29 is 17.9 Å². The highest BCUT2D eigenvalue weighted by Crippen LogP contribution is 2.35. The molecule has 3 atom stereocenters. The van der Waals surface area contributed by atoms with E-state index in [4.69, 9.17) is 9.47 Å². The maximum atomic E-state index is 13.0. The maximum absolute atomic E-state index is 13.0. The van der Waals surface area contributed by atoms with Gasteiger partial charge in [0, 0.05) is 13.2 Å². The van der Waals surface area contributed by atoms with Gasteiger partial charge in [0.05, 0.1) is 23.6 Å². The summed E-state index contributed by atoms with van der Waals surface area (Å²) in [7, 11) is -3.52. The van der Waals surface area contributed by atoms with Gasteiger partial charge in [0.1, 0.15) is 6.10 Å². The van der Waals surface area contributed by atoms with Crippen LogP contribution in [0.5, 0.6) is 0 Å². The van der Waals surface area contributed by atoms with Crippen molar-refractivity contribution in [2.24, 2.45) is 0 Å². The topological polar surface area (TPSA) is 55.8 Å². The molecule has 0 amide bonds. The Labute approximate surface area is 132 Å². The van der Waals surface area contributed by atoms with Crippen LogP contribution >= 0.6 is 0 Å². The molecule has 1 saturated heterocycles. The number of nitrogens with zero attached hydrogens (tertiary/aromatic N) is 1.